The molecule has 0 aliphatic heterocycles. The number of hydrogen-bond donors (Lipinski definition) is 1. The first-order valence-corrected chi connectivity index (χ1v) is 8.32. The first kappa shape index (κ1) is 18.0. The molecule has 0 spiro atoms. The van der Waals surface area contributed by atoms with Crippen LogP contribution in [0.25, 0.3) is 0 Å². The van der Waals surface area contributed by atoms with Crippen LogP contribution in [0.4, 0.5) is 0 Å². The van der Waals surface area contributed by atoms with Gasteiger partial charge >= 0.3 is 7.82 Å². The number of hydrogen-bond acceptors (Lipinski definition) is 6. The summed E-state index contributed by atoms with van der Waals surface area (Å²) in [5.74, 6) is 0.553. The van der Waals surface area contributed by atoms with Crippen molar-refractivity contribution in [2.24, 2.45) is 0 Å². The quantitative estimate of drug-likeness (QED) is 0.703. The number of benzene rings is 1. The molecular formula is C14H23O6P. The number of ether oxygens (including phenoxy) is 1. The summed E-state index contributed by atoms with van der Waals surface area (Å²) >= 11 is 0. The van der Waals surface area contributed by atoms with E-state index in [1.807, 2.05) is 13.8 Å². The van der Waals surface area contributed by atoms with Crippen LogP contribution >= 0.6 is 7.82 Å². The zero-order valence-electron chi connectivity index (χ0n) is 12.9. The van der Waals surface area contributed by atoms with Crippen molar-refractivity contribution in [2.45, 2.75) is 33.8 Å². The van der Waals surface area contributed by atoms with Crippen LogP contribution in [0.15, 0.2) is 12.1 Å². The summed E-state index contributed by atoms with van der Waals surface area (Å²) in [7, 11) is -2.27. The fourth-order valence-electron chi connectivity index (χ4n) is 1.75. The number of aliphatic hydroxyl groups excluding tert-OH is 1. The molecule has 21 heavy (non-hydrogen) atoms. The monoisotopic (exact) mass is 318 g/mol. The molecule has 0 saturated carbocycles. The van der Waals surface area contributed by atoms with Crippen LogP contribution in [-0.4, -0.2) is 25.4 Å². The average molecular weight is 318 g/mol. The molecule has 0 fully saturated rings. The van der Waals surface area contributed by atoms with Crippen LogP contribution in [0.5, 0.6) is 11.5 Å². The van der Waals surface area contributed by atoms with Crippen LogP contribution in [-0.2, 0) is 20.2 Å². The van der Waals surface area contributed by atoms with Crippen molar-refractivity contribution in [1.29, 1.82) is 0 Å². The molecule has 0 aliphatic carbocycles. The molecule has 0 saturated heterocycles. The summed E-state index contributed by atoms with van der Waals surface area (Å²) in [6.45, 7) is 5.62. The van der Waals surface area contributed by atoms with Crippen LogP contribution in [0, 0.1) is 6.92 Å². The Morgan fingerprint density at radius 3 is 2.48 bits per heavy atom. The summed E-state index contributed by atoms with van der Waals surface area (Å²) in [5.41, 5.74) is 1.36. The van der Waals surface area contributed by atoms with Crippen molar-refractivity contribution in [2.75, 3.05) is 20.3 Å². The molecule has 0 radical (unpaired) electrons. The number of methoxy groups -OCH3 is 1. The molecule has 1 N–H and O–H groups in total. The summed E-state index contributed by atoms with van der Waals surface area (Å²) in [6, 6.07) is 3.46. The molecule has 1 rings (SSSR count). The van der Waals surface area contributed by atoms with Crippen molar-refractivity contribution in [3.63, 3.8) is 0 Å². The fourth-order valence-corrected chi connectivity index (χ4v) is 3.08. The van der Waals surface area contributed by atoms with Crippen molar-refractivity contribution in [3.05, 3.63) is 23.3 Å². The third-order valence-corrected chi connectivity index (χ3v) is 4.09. The van der Waals surface area contributed by atoms with E-state index >= 15 is 0 Å². The minimum Gasteiger partial charge on any atom is -0.493 e. The van der Waals surface area contributed by atoms with Gasteiger partial charge in [-0.3, -0.25) is 9.05 Å². The Morgan fingerprint density at radius 1 is 1.24 bits per heavy atom. The summed E-state index contributed by atoms with van der Waals surface area (Å²) in [5, 5.41) is 9.46. The smallest absolute Gasteiger partial charge is 0.493 e. The first-order chi connectivity index (χ1) is 9.99. The van der Waals surface area contributed by atoms with Gasteiger partial charge in [0.15, 0.2) is 11.5 Å². The highest BCUT2D eigenvalue weighted by molar-refractivity contribution is 7.48. The van der Waals surface area contributed by atoms with Gasteiger partial charge in [0.2, 0.25) is 0 Å². The van der Waals surface area contributed by atoms with Gasteiger partial charge in [-0.2, -0.15) is 0 Å². The molecule has 1 aromatic carbocycles. The second kappa shape index (κ2) is 8.39. The molecule has 0 amide bonds. The van der Waals surface area contributed by atoms with Gasteiger partial charge in [0.25, 0.3) is 0 Å². The van der Waals surface area contributed by atoms with Gasteiger partial charge < -0.3 is 14.4 Å². The van der Waals surface area contributed by atoms with Crippen molar-refractivity contribution < 1.29 is 28.0 Å². The normalized spacial score (nSPS) is 13.8. The first-order valence-electron chi connectivity index (χ1n) is 6.86. The maximum absolute atomic E-state index is 12.6. The zero-order valence-corrected chi connectivity index (χ0v) is 13.8. The van der Waals surface area contributed by atoms with E-state index in [1.165, 1.54) is 7.11 Å². The Kier molecular flexibility index (Phi) is 7.18. The highest BCUT2D eigenvalue weighted by Crippen LogP contribution is 2.52. The number of aliphatic hydroxyl groups is 1. The molecule has 0 aromatic heterocycles. The van der Waals surface area contributed by atoms with Gasteiger partial charge in [-0.05, 0) is 38.0 Å². The standard InChI is InChI=1S/C14H23O6P/c1-5-7-19-21(16,18-6-2)20-14-12(10-15)8-11(3)9-13(14)17-4/h8-9,15H,5-7,10H2,1-4H3. The lowest BCUT2D eigenvalue weighted by Gasteiger charge is -2.21. The number of rotatable bonds is 9. The number of phosphoric ester groups is 1. The topological polar surface area (TPSA) is 74.2 Å². The molecule has 120 valence electrons. The van der Waals surface area contributed by atoms with Crippen LogP contribution in [0.2, 0.25) is 0 Å². The van der Waals surface area contributed by atoms with Crippen LogP contribution in [0.1, 0.15) is 31.4 Å². The largest absolute Gasteiger partial charge is 0.530 e. The molecule has 1 unspecified atom stereocenters. The Morgan fingerprint density at radius 2 is 1.95 bits per heavy atom. The summed E-state index contributed by atoms with van der Waals surface area (Å²) in [4.78, 5) is 0. The van der Waals surface area contributed by atoms with Crippen molar-refractivity contribution in [1.82, 2.24) is 0 Å². The van der Waals surface area contributed by atoms with Gasteiger partial charge in [-0.15, -0.1) is 0 Å². The van der Waals surface area contributed by atoms with Crippen LogP contribution in [0.3, 0.4) is 0 Å². The van der Waals surface area contributed by atoms with E-state index < -0.39 is 7.82 Å². The van der Waals surface area contributed by atoms with E-state index in [4.69, 9.17) is 18.3 Å². The zero-order chi connectivity index (χ0) is 15.9. The van der Waals surface area contributed by atoms with E-state index in [2.05, 4.69) is 0 Å². The SMILES string of the molecule is CCCOP(=O)(OCC)Oc1c(CO)cc(C)cc1OC. The lowest BCUT2D eigenvalue weighted by molar-refractivity contribution is 0.158. The molecule has 0 heterocycles. The minimum absolute atomic E-state index is 0.179. The maximum Gasteiger partial charge on any atom is 0.530 e. The number of aryl methyl sites for hydroxylation is 1. The second-order valence-electron chi connectivity index (χ2n) is 4.40. The molecule has 0 bridgehead atoms. The lowest BCUT2D eigenvalue weighted by atomic mass is 10.1. The van der Waals surface area contributed by atoms with Crippen LogP contribution < -0.4 is 9.26 Å². The van der Waals surface area contributed by atoms with E-state index in [0.717, 1.165) is 5.56 Å². The van der Waals surface area contributed by atoms with E-state index in [9.17, 15) is 9.67 Å². The molecular weight excluding hydrogens is 295 g/mol. The molecule has 6 nitrogen and oxygen atoms in total. The molecule has 7 heteroatoms. The average Bonchev–Trinajstić information content (AvgIpc) is 2.46. The molecule has 0 aliphatic rings. The van der Waals surface area contributed by atoms with Gasteiger partial charge in [-0.1, -0.05) is 6.92 Å². The highest BCUT2D eigenvalue weighted by atomic mass is 31.2. The van der Waals surface area contributed by atoms with Crippen molar-refractivity contribution in [3.8, 4) is 11.5 Å². The van der Waals surface area contributed by atoms with Gasteiger partial charge in [0.05, 0.1) is 26.9 Å². The number of phosphoric acid groups is 1. The Bertz CT molecular complexity index is 477. The van der Waals surface area contributed by atoms with Crippen molar-refractivity contribution >= 4 is 7.82 Å². The second-order valence-corrected chi connectivity index (χ2v) is 6.00. The van der Waals surface area contributed by atoms with Gasteiger partial charge in [-0.25, -0.2) is 4.57 Å². The molecule has 1 aromatic rings. The van der Waals surface area contributed by atoms with Gasteiger partial charge in [0.1, 0.15) is 0 Å². The third kappa shape index (κ3) is 5.00. The predicted molar refractivity (Wildman–Crippen MR) is 79.8 cm³/mol. The predicted octanol–water partition coefficient (Wildman–Crippen LogP) is 3.45. The van der Waals surface area contributed by atoms with Gasteiger partial charge in [0, 0.05) is 5.56 Å². The summed E-state index contributed by atoms with van der Waals surface area (Å²) in [6.07, 6.45) is 0.679. The Balaban J connectivity index is 3.15. The fraction of sp³-hybridized carbons (Fsp3) is 0.571. The van der Waals surface area contributed by atoms with E-state index in [1.54, 1.807) is 19.1 Å². The van der Waals surface area contributed by atoms with E-state index in [0.29, 0.717) is 17.7 Å². The highest BCUT2D eigenvalue weighted by Gasteiger charge is 2.30. The molecule has 1 atom stereocenters. The summed E-state index contributed by atoms with van der Waals surface area (Å²) < 4.78 is 33.6. The third-order valence-electron chi connectivity index (χ3n) is 2.61. The Hall–Kier alpha value is -1.07. The lowest BCUT2D eigenvalue weighted by Crippen LogP contribution is -2.06. The van der Waals surface area contributed by atoms with E-state index in [-0.39, 0.29) is 25.6 Å². The minimum atomic E-state index is -3.74. The maximum atomic E-state index is 12.6. The Labute approximate surface area is 125 Å².